The predicted molar refractivity (Wildman–Crippen MR) is 123 cm³/mol. The molecule has 0 bridgehead atoms. The minimum absolute atomic E-state index is 0.0402. The van der Waals surface area contributed by atoms with Gasteiger partial charge in [-0.05, 0) is 59.4 Å². The number of aryl methyl sites for hydroxylation is 1. The lowest BCUT2D eigenvalue weighted by Crippen LogP contribution is -2.36. The molecule has 154 valence electrons. The van der Waals surface area contributed by atoms with Crippen molar-refractivity contribution in [2.24, 2.45) is 4.99 Å². The van der Waals surface area contributed by atoms with Crippen LogP contribution in [0.3, 0.4) is 0 Å². The summed E-state index contributed by atoms with van der Waals surface area (Å²) in [4.78, 5) is 21.5. The summed E-state index contributed by atoms with van der Waals surface area (Å²) in [5.41, 5.74) is 4.79. The number of aliphatic imine (C=N–C) groups is 1. The van der Waals surface area contributed by atoms with Crippen molar-refractivity contribution in [3.63, 3.8) is 0 Å². The third kappa shape index (κ3) is 5.77. The first-order chi connectivity index (χ1) is 14.3. The second-order valence-corrected chi connectivity index (χ2v) is 8.24. The van der Waals surface area contributed by atoms with Gasteiger partial charge in [0.05, 0.1) is 6.54 Å². The lowest BCUT2D eigenvalue weighted by atomic mass is 9.87. The van der Waals surface area contributed by atoms with Crippen LogP contribution in [0.2, 0.25) is 0 Å². The van der Waals surface area contributed by atoms with Crippen LogP contribution in [-0.2, 0) is 12.0 Å². The molecular weight excluding hydrogens is 372 g/mol. The molecule has 0 fully saturated rings. The van der Waals surface area contributed by atoms with E-state index in [1.165, 1.54) is 5.56 Å². The zero-order chi connectivity index (χ0) is 21.6. The highest BCUT2D eigenvalue weighted by atomic mass is 16.1. The quantitative estimate of drug-likeness (QED) is 0.474. The first-order valence-electron chi connectivity index (χ1n) is 10.0. The first-order valence-corrected chi connectivity index (χ1v) is 10.0. The van der Waals surface area contributed by atoms with Crippen LogP contribution in [0.15, 0.2) is 78.0 Å². The van der Waals surface area contributed by atoms with Gasteiger partial charge in [0.1, 0.15) is 0 Å². The third-order valence-electron chi connectivity index (χ3n) is 4.81. The molecule has 0 aliphatic rings. The Kier molecular flexibility index (Phi) is 6.62. The van der Waals surface area contributed by atoms with Crippen LogP contribution in [0.25, 0.3) is 0 Å². The molecule has 0 aliphatic carbocycles. The number of para-hydroxylation sites is 1. The molecule has 0 spiro atoms. The van der Waals surface area contributed by atoms with Gasteiger partial charge in [-0.2, -0.15) is 0 Å². The monoisotopic (exact) mass is 400 g/mol. The zero-order valence-corrected chi connectivity index (χ0v) is 17.9. The number of carbonyl (C=O) groups is 1. The van der Waals surface area contributed by atoms with Gasteiger partial charge in [-0.3, -0.25) is 15.1 Å². The summed E-state index contributed by atoms with van der Waals surface area (Å²) in [7, 11) is 0. The summed E-state index contributed by atoms with van der Waals surface area (Å²) in [6.45, 7) is 8.89. The Balaban J connectivity index is 1.80. The zero-order valence-electron chi connectivity index (χ0n) is 17.9. The lowest BCUT2D eigenvalue weighted by Gasteiger charge is -2.19. The smallest absolute Gasteiger partial charge is 0.257 e. The van der Waals surface area contributed by atoms with Crippen molar-refractivity contribution in [1.82, 2.24) is 10.3 Å². The van der Waals surface area contributed by atoms with E-state index in [4.69, 9.17) is 0 Å². The molecule has 1 aromatic heterocycles. The minimum atomic E-state index is -0.204. The van der Waals surface area contributed by atoms with Gasteiger partial charge in [0.2, 0.25) is 5.96 Å². The molecule has 2 N–H and O–H groups in total. The Labute approximate surface area is 178 Å². The molecule has 0 aliphatic heterocycles. The Bertz CT molecular complexity index is 1020. The Morgan fingerprint density at radius 1 is 0.967 bits per heavy atom. The highest BCUT2D eigenvalue weighted by Gasteiger charge is 2.15. The van der Waals surface area contributed by atoms with E-state index in [0.717, 1.165) is 16.8 Å². The van der Waals surface area contributed by atoms with Crippen LogP contribution in [0, 0.1) is 6.92 Å². The van der Waals surface area contributed by atoms with Crippen molar-refractivity contribution in [3.05, 3.63) is 95.3 Å². The van der Waals surface area contributed by atoms with Crippen molar-refractivity contribution >= 4 is 17.6 Å². The number of benzene rings is 2. The maximum Gasteiger partial charge on any atom is 0.257 e. The Morgan fingerprint density at radius 3 is 2.27 bits per heavy atom. The average Bonchev–Trinajstić information content (AvgIpc) is 2.74. The molecule has 0 radical (unpaired) electrons. The highest BCUT2D eigenvalue weighted by Crippen LogP contribution is 2.22. The molecule has 2 aromatic carbocycles. The molecule has 1 heterocycles. The average molecular weight is 401 g/mol. The van der Waals surface area contributed by atoms with Crippen molar-refractivity contribution in [2.45, 2.75) is 39.7 Å². The van der Waals surface area contributed by atoms with E-state index in [1.807, 2.05) is 67.6 Å². The number of anilines is 1. The minimum Gasteiger partial charge on any atom is -0.326 e. The maximum atomic E-state index is 12.9. The van der Waals surface area contributed by atoms with Crippen molar-refractivity contribution in [2.75, 3.05) is 5.32 Å². The van der Waals surface area contributed by atoms with Crippen LogP contribution in [-0.4, -0.2) is 16.9 Å². The van der Waals surface area contributed by atoms with E-state index in [2.05, 4.69) is 41.4 Å². The number of pyridine rings is 1. The molecule has 0 saturated carbocycles. The Hall–Kier alpha value is -3.47. The van der Waals surface area contributed by atoms with Gasteiger partial charge in [-0.15, -0.1) is 0 Å². The highest BCUT2D eigenvalue weighted by molar-refractivity contribution is 6.10. The van der Waals surface area contributed by atoms with E-state index in [-0.39, 0.29) is 11.3 Å². The van der Waals surface area contributed by atoms with E-state index < -0.39 is 0 Å². The fourth-order valence-corrected chi connectivity index (χ4v) is 2.91. The summed E-state index contributed by atoms with van der Waals surface area (Å²) in [5.74, 6) is 0.205. The summed E-state index contributed by atoms with van der Waals surface area (Å²) in [6.07, 6.45) is 3.46. The van der Waals surface area contributed by atoms with E-state index in [0.29, 0.717) is 18.1 Å². The maximum absolute atomic E-state index is 12.9. The second-order valence-electron chi connectivity index (χ2n) is 8.24. The standard InChI is InChI=1S/C25H28N4O/c1-18-7-5-6-8-22(18)28-24(27-17-19-13-15-26-16-14-19)29-23(30)20-9-11-21(12-10-20)25(2,3)4/h5-16H,17H2,1-4H3,(H2,27,28,29,30). The van der Waals surface area contributed by atoms with Gasteiger partial charge in [0.25, 0.3) is 5.91 Å². The van der Waals surface area contributed by atoms with Gasteiger partial charge < -0.3 is 5.32 Å². The molecular formula is C25H28N4O. The lowest BCUT2D eigenvalue weighted by molar-refractivity contribution is 0.0977. The number of rotatable bonds is 4. The predicted octanol–water partition coefficient (Wildman–Crippen LogP) is 5.09. The van der Waals surface area contributed by atoms with Crippen molar-refractivity contribution < 1.29 is 4.79 Å². The molecule has 3 rings (SSSR count). The summed E-state index contributed by atoms with van der Waals surface area (Å²) < 4.78 is 0. The van der Waals surface area contributed by atoms with Crippen LogP contribution >= 0.6 is 0 Å². The fourth-order valence-electron chi connectivity index (χ4n) is 2.91. The van der Waals surface area contributed by atoms with E-state index >= 15 is 0 Å². The topological polar surface area (TPSA) is 66.4 Å². The Morgan fingerprint density at radius 2 is 1.63 bits per heavy atom. The summed E-state index contributed by atoms with van der Waals surface area (Å²) in [6, 6.07) is 19.4. The number of hydrogen-bond acceptors (Lipinski definition) is 3. The molecule has 0 atom stereocenters. The molecule has 0 saturated heterocycles. The molecule has 3 aromatic rings. The second kappa shape index (κ2) is 9.35. The van der Waals surface area contributed by atoms with Gasteiger partial charge in [0, 0.05) is 23.6 Å². The third-order valence-corrected chi connectivity index (χ3v) is 4.81. The van der Waals surface area contributed by atoms with E-state index in [1.54, 1.807) is 12.4 Å². The molecule has 30 heavy (non-hydrogen) atoms. The van der Waals surface area contributed by atoms with Crippen LogP contribution in [0.4, 0.5) is 5.69 Å². The number of nitrogens with one attached hydrogen (secondary N) is 2. The normalized spacial score (nSPS) is 11.8. The van der Waals surface area contributed by atoms with Gasteiger partial charge in [-0.1, -0.05) is 51.1 Å². The number of guanidine groups is 1. The van der Waals surface area contributed by atoms with Gasteiger partial charge >= 0.3 is 0 Å². The van der Waals surface area contributed by atoms with Crippen LogP contribution in [0.1, 0.15) is 47.8 Å². The number of hydrogen-bond donors (Lipinski definition) is 2. The number of aromatic nitrogens is 1. The van der Waals surface area contributed by atoms with Gasteiger partial charge in [0.15, 0.2) is 0 Å². The number of nitrogens with zero attached hydrogens (tertiary/aromatic N) is 2. The molecule has 5 nitrogen and oxygen atoms in total. The SMILES string of the molecule is Cc1ccccc1NC(=NCc1ccncc1)NC(=O)c1ccc(C(C)(C)C)cc1. The first kappa shape index (κ1) is 21.2. The van der Waals surface area contributed by atoms with Crippen molar-refractivity contribution in [3.8, 4) is 0 Å². The largest absolute Gasteiger partial charge is 0.326 e. The van der Waals surface area contributed by atoms with Crippen LogP contribution in [0.5, 0.6) is 0 Å². The summed E-state index contributed by atoms with van der Waals surface area (Å²) in [5, 5.41) is 6.18. The molecule has 0 unspecified atom stereocenters. The number of carbonyl (C=O) groups excluding carboxylic acids is 1. The van der Waals surface area contributed by atoms with E-state index in [9.17, 15) is 4.79 Å². The van der Waals surface area contributed by atoms with Crippen LogP contribution < -0.4 is 10.6 Å². The molecule has 5 heteroatoms. The van der Waals surface area contributed by atoms with Gasteiger partial charge in [-0.25, -0.2) is 4.99 Å². The van der Waals surface area contributed by atoms with Crippen molar-refractivity contribution in [1.29, 1.82) is 0 Å². The summed E-state index contributed by atoms with van der Waals surface area (Å²) >= 11 is 0. The number of amides is 1. The fraction of sp³-hybridized carbons (Fsp3) is 0.240. The molecule has 1 amide bonds.